The SMILES string of the molecule is CNC(=O)[C@@H](Cc1ccccc1)N(Cc1cccc(C)c1)C(=O)CN(c1ccccc1)S(=O)(=O)c1ccc(F)cc1. The van der Waals surface area contributed by atoms with Crippen LogP contribution in [0, 0.1) is 12.7 Å². The molecule has 4 rings (SSSR count). The number of halogens is 1. The molecule has 1 atom stereocenters. The molecule has 4 aromatic carbocycles. The maximum absolute atomic E-state index is 14.2. The Kier molecular flexibility index (Phi) is 9.52. The minimum Gasteiger partial charge on any atom is -0.357 e. The van der Waals surface area contributed by atoms with Crippen LogP contribution < -0.4 is 9.62 Å². The molecule has 0 fully saturated rings. The third-order valence-corrected chi connectivity index (χ3v) is 8.47. The summed E-state index contributed by atoms with van der Waals surface area (Å²) in [5, 5.41) is 2.66. The number of sulfonamides is 1. The zero-order chi connectivity index (χ0) is 29.4. The van der Waals surface area contributed by atoms with Crippen molar-refractivity contribution in [3.05, 3.63) is 132 Å². The van der Waals surface area contributed by atoms with Crippen LogP contribution in [0.4, 0.5) is 10.1 Å². The van der Waals surface area contributed by atoms with Crippen molar-refractivity contribution >= 4 is 27.5 Å². The predicted molar refractivity (Wildman–Crippen MR) is 157 cm³/mol. The quantitative estimate of drug-likeness (QED) is 0.282. The number of likely N-dealkylation sites (N-methyl/N-ethyl adjacent to an activating group) is 1. The number of amides is 2. The van der Waals surface area contributed by atoms with E-state index in [9.17, 15) is 22.4 Å². The third kappa shape index (κ3) is 7.37. The van der Waals surface area contributed by atoms with E-state index in [2.05, 4.69) is 5.32 Å². The van der Waals surface area contributed by atoms with E-state index in [1.807, 2.05) is 61.5 Å². The van der Waals surface area contributed by atoms with Crippen molar-refractivity contribution in [3.63, 3.8) is 0 Å². The van der Waals surface area contributed by atoms with E-state index in [1.165, 1.54) is 24.1 Å². The van der Waals surface area contributed by atoms with E-state index < -0.39 is 34.3 Å². The van der Waals surface area contributed by atoms with Gasteiger partial charge in [-0.1, -0.05) is 78.4 Å². The molecule has 0 aliphatic rings. The van der Waals surface area contributed by atoms with Crippen LogP contribution in [0.2, 0.25) is 0 Å². The lowest BCUT2D eigenvalue weighted by molar-refractivity contribution is -0.139. The van der Waals surface area contributed by atoms with Crippen molar-refractivity contribution in [3.8, 4) is 0 Å². The summed E-state index contributed by atoms with van der Waals surface area (Å²) in [7, 11) is -2.77. The Morgan fingerprint density at radius 3 is 2.05 bits per heavy atom. The van der Waals surface area contributed by atoms with Gasteiger partial charge in [0.2, 0.25) is 11.8 Å². The highest BCUT2D eigenvalue weighted by Crippen LogP contribution is 2.25. The fourth-order valence-electron chi connectivity index (χ4n) is 4.58. The van der Waals surface area contributed by atoms with Crippen LogP contribution in [-0.4, -0.2) is 44.8 Å². The fraction of sp³-hybridized carbons (Fsp3) is 0.188. The number of anilines is 1. The van der Waals surface area contributed by atoms with Gasteiger partial charge >= 0.3 is 0 Å². The highest BCUT2D eigenvalue weighted by atomic mass is 32.2. The topological polar surface area (TPSA) is 86.8 Å². The molecule has 0 aliphatic carbocycles. The molecule has 1 N–H and O–H groups in total. The van der Waals surface area contributed by atoms with Crippen LogP contribution in [0.3, 0.4) is 0 Å². The molecule has 0 saturated carbocycles. The average molecular weight is 574 g/mol. The van der Waals surface area contributed by atoms with Crippen LogP contribution >= 0.6 is 0 Å². The first kappa shape index (κ1) is 29.5. The highest BCUT2D eigenvalue weighted by molar-refractivity contribution is 7.92. The molecule has 2 amide bonds. The molecule has 0 bridgehead atoms. The Morgan fingerprint density at radius 2 is 1.44 bits per heavy atom. The molecular formula is C32H32FN3O4S. The van der Waals surface area contributed by atoms with Crippen molar-refractivity contribution in [2.24, 2.45) is 0 Å². The molecule has 9 heteroatoms. The predicted octanol–water partition coefficient (Wildman–Crippen LogP) is 4.72. The summed E-state index contributed by atoms with van der Waals surface area (Å²) in [5.41, 5.74) is 2.90. The second-order valence-corrected chi connectivity index (χ2v) is 11.5. The first-order valence-electron chi connectivity index (χ1n) is 13.1. The zero-order valence-electron chi connectivity index (χ0n) is 22.9. The lowest BCUT2D eigenvalue weighted by Crippen LogP contribution is -2.53. The van der Waals surface area contributed by atoms with Gasteiger partial charge in [0, 0.05) is 20.0 Å². The first-order valence-corrected chi connectivity index (χ1v) is 14.6. The van der Waals surface area contributed by atoms with Crippen molar-refractivity contribution < 1.29 is 22.4 Å². The van der Waals surface area contributed by atoms with E-state index >= 15 is 0 Å². The van der Waals surface area contributed by atoms with Crippen molar-refractivity contribution in [2.75, 3.05) is 17.9 Å². The van der Waals surface area contributed by atoms with Crippen molar-refractivity contribution in [2.45, 2.75) is 30.8 Å². The second kappa shape index (κ2) is 13.2. The largest absolute Gasteiger partial charge is 0.357 e. The molecule has 0 saturated heterocycles. The zero-order valence-corrected chi connectivity index (χ0v) is 23.7. The Morgan fingerprint density at radius 1 is 0.829 bits per heavy atom. The first-order chi connectivity index (χ1) is 19.7. The summed E-state index contributed by atoms with van der Waals surface area (Å²) in [6.07, 6.45) is 0.230. The van der Waals surface area contributed by atoms with E-state index in [4.69, 9.17) is 0 Å². The maximum Gasteiger partial charge on any atom is 0.264 e. The molecule has 0 aromatic heterocycles. The molecular weight excluding hydrogens is 541 g/mol. The number of carbonyl (C=O) groups excluding carboxylic acids is 2. The molecule has 212 valence electrons. The number of carbonyl (C=O) groups is 2. The van der Waals surface area contributed by atoms with Crippen molar-refractivity contribution in [1.29, 1.82) is 0 Å². The number of nitrogens with zero attached hydrogens (tertiary/aromatic N) is 2. The molecule has 4 aromatic rings. The van der Waals surface area contributed by atoms with Gasteiger partial charge in [0.05, 0.1) is 10.6 Å². The normalized spacial score (nSPS) is 11.9. The summed E-state index contributed by atoms with van der Waals surface area (Å²) in [5.74, 6) is -1.52. The number of rotatable bonds is 11. The van der Waals surface area contributed by atoms with Gasteiger partial charge in [-0.2, -0.15) is 0 Å². The number of para-hydroxylation sites is 1. The Hall–Kier alpha value is -4.50. The van der Waals surface area contributed by atoms with Crippen LogP contribution in [0.5, 0.6) is 0 Å². The monoisotopic (exact) mass is 573 g/mol. The number of nitrogens with one attached hydrogen (secondary N) is 1. The van der Waals surface area contributed by atoms with Gasteiger partial charge in [-0.15, -0.1) is 0 Å². The van der Waals surface area contributed by atoms with E-state index in [-0.39, 0.29) is 29.5 Å². The number of hydrogen-bond donors (Lipinski definition) is 1. The summed E-state index contributed by atoms with van der Waals surface area (Å²) in [6.45, 7) is 1.45. The molecule has 7 nitrogen and oxygen atoms in total. The van der Waals surface area contributed by atoms with Crippen LogP contribution in [0.1, 0.15) is 16.7 Å². The van der Waals surface area contributed by atoms with Crippen LogP contribution in [-0.2, 0) is 32.6 Å². The minimum atomic E-state index is -4.27. The lowest BCUT2D eigenvalue weighted by atomic mass is 10.0. The van der Waals surface area contributed by atoms with Gasteiger partial charge in [0.25, 0.3) is 10.0 Å². The molecule has 0 aliphatic heterocycles. The Labute approximate surface area is 240 Å². The van der Waals surface area contributed by atoms with E-state index in [0.29, 0.717) is 0 Å². The van der Waals surface area contributed by atoms with Gasteiger partial charge in [-0.25, -0.2) is 12.8 Å². The Bertz CT molecular complexity index is 1580. The van der Waals surface area contributed by atoms with Gasteiger partial charge < -0.3 is 10.2 Å². The summed E-state index contributed by atoms with van der Waals surface area (Å²) in [6, 6.07) is 28.7. The summed E-state index contributed by atoms with van der Waals surface area (Å²) < 4.78 is 42.2. The van der Waals surface area contributed by atoms with Crippen LogP contribution in [0.15, 0.2) is 114 Å². The molecule has 0 spiro atoms. The van der Waals surface area contributed by atoms with Gasteiger partial charge in [0.1, 0.15) is 18.4 Å². The van der Waals surface area contributed by atoms with Gasteiger partial charge in [0.15, 0.2) is 0 Å². The molecule has 0 heterocycles. The standard InChI is InChI=1S/C32H32FN3O4S/c1-24-10-9-13-26(20-24)22-35(30(32(38)34-2)21-25-11-5-3-6-12-25)31(37)23-36(28-14-7-4-8-15-28)41(39,40)29-18-16-27(33)17-19-29/h3-20,30H,21-23H2,1-2H3,(H,34,38)/t30-/m1/s1. The molecule has 0 radical (unpaired) electrons. The van der Waals surface area contributed by atoms with Crippen molar-refractivity contribution in [1.82, 2.24) is 10.2 Å². The van der Waals surface area contributed by atoms with E-state index in [0.717, 1.165) is 33.1 Å². The number of aryl methyl sites for hydroxylation is 1. The smallest absolute Gasteiger partial charge is 0.264 e. The molecule has 41 heavy (non-hydrogen) atoms. The van der Waals surface area contributed by atoms with Gasteiger partial charge in [-0.05, 0) is 54.4 Å². The Balaban J connectivity index is 1.77. The number of hydrogen-bond acceptors (Lipinski definition) is 4. The molecule has 0 unspecified atom stereocenters. The average Bonchev–Trinajstić information content (AvgIpc) is 2.98. The second-order valence-electron chi connectivity index (χ2n) is 9.63. The van der Waals surface area contributed by atoms with Crippen LogP contribution in [0.25, 0.3) is 0 Å². The van der Waals surface area contributed by atoms with E-state index in [1.54, 1.807) is 30.3 Å². The number of benzene rings is 4. The summed E-state index contributed by atoms with van der Waals surface area (Å²) >= 11 is 0. The third-order valence-electron chi connectivity index (χ3n) is 6.68. The fourth-order valence-corrected chi connectivity index (χ4v) is 6.00. The highest BCUT2D eigenvalue weighted by Gasteiger charge is 2.34. The van der Waals surface area contributed by atoms with Gasteiger partial charge in [-0.3, -0.25) is 13.9 Å². The minimum absolute atomic E-state index is 0.0880. The maximum atomic E-state index is 14.2. The lowest BCUT2D eigenvalue weighted by Gasteiger charge is -2.33. The summed E-state index contributed by atoms with van der Waals surface area (Å²) in [4.78, 5) is 28.7.